The Morgan fingerprint density at radius 3 is 3.09 bits per heavy atom. The number of hydrogen-bond acceptors (Lipinski definition) is 1. The van der Waals surface area contributed by atoms with Gasteiger partial charge in [-0.3, -0.25) is 4.98 Å². The third-order valence-corrected chi connectivity index (χ3v) is 1.53. The van der Waals surface area contributed by atoms with Gasteiger partial charge in [0.05, 0.1) is 5.52 Å². The van der Waals surface area contributed by atoms with Crippen molar-refractivity contribution in [2.45, 2.75) is 0 Å². The molecule has 0 aliphatic rings. The summed E-state index contributed by atoms with van der Waals surface area (Å²) in [6.45, 7) is 0. The molecule has 0 fully saturated rings. The van der Waals surface area contributed by atoms with Gasteiger partial charge in [-0.1, -0.05) is 0 Å². The smallest absolute Gasteiger partial charge is 0.140 e. The topological polar surface area (TPSA) is 12.9 Å². The van der Waals surface area contributed by atoms with Crippen LogP contribution in [0.1, 0.15) is 0 Å². The zero-order valence-electron chi connectivity index (χ0n) is 5.71. The van der Waals surface area contributed by atoms with Crippen LogP contribution in [-0.4, -0.2) is 4.98 Å². The standard InChI is InChI=1S/C9H5FN/c10-8-4-1-5-9-7(8)3-2-6-11-9/h1-3,5-6H. The van der Waals surface area contributed by atoms with E-state index >= 15 is 0 Å². The van der Waals surface area contributed by atoms with E-state index in [0.29, 0.717) is 10.9 Å². The lowest BCUT2D eigenvalue weighted by atomic mass is 10.2. The van der Waals surface area contributed by atoms with Crippen LogP contribution in [0.15, 0.2) is 30.5 Å². The third-order valence-electron chi connectivity index (χ3n) is 1.53. The quantitative estimate of drug-likeness (QED) is 0.555. The molecule has 1 radical (unpaired) electrons. The lowest BCUT2D eigenvalue weighted by Crippen LogP contribution is -1.80. The van der Waals surface area contributed by atoms with Gasteiger partial charge in [0.1, 0.15) is 5.82 Å². The molecule has 0 unspecified atom stereocenters. The molecule has 0 spiro atoms. The Balaban J connectivity index is 2.91. The molecule has 1 nitrogen and oxygen atoms in total. The maximum Gasteiger partial charge on any atom is 0.140 e. The van der Waals surface area contributed by atoms with Crippen molar-refractivity contribution in [3.05, 3.63) is 42.3 Å². The molecule has 2 heteroatoms. The molecular formula is C9H5FN. The normalized spacial score (nSPS) is 10.3. The second-order valence-corrected chi connectivity index (χ2v) is 2.23. The maximum atomic E-state index is 12.9. The highest BCUT2D eigenvalue weighted by Crippen LogP contribution is 2.13. The molecule has 0 aliphatic heterocycles. The zero-order chi connectivity index (χ0) is 7.68. The number of benzene rings is 1. The van der Waals surface area contributed by atoms with Crippen molar-refractivity contribution >= 4 is 10.9 Å². The monoisotopic (exact) mass is 146 g/mol. The van der Waals surface area contributed by atoms with Gasteiger partial charge in [0.15, 0.2) is 0 Å². The molecule has 0 amide bonds. The van der Waals surface area contributed by atoms with Crippen LogP contribution in [0.2, 0.25) is 0 Å². The van der Waals surface area contributed by atoms with Crippen molar-refractivity contribution in [2.24, 2.45) is 0 Å². The van der Waals surface area contributed by atoms with Crippen molar-refractivity contribution in [1.29, 1.82) is 0 Å². The first-order valence-corrected chi connectivity index (χ1v) is 3.29. The number of hydrogen-bond donors (Lipinski definition) is 0. The fourth-order valence-electron chi connectivity index (χ4n) is 1.01. The van der Waals surface area contributed by atoms with Gasteiger partial charge >= 0.3 is 0 Å². The van der Waals surface area contributed by atoms with Crippen molar-refractivity contribution in [3.63, 3.8) is 0 Å². The first kappa shape index (κ1) is 6.28. The van der Waals surface area contributed by atoms with E-state index < -0.39 is 0 Å². The molecule has 0 saturated carbocycles. The van der Waals surface area contributed by atoms with Gasteiger partial charge < -0.3 is 0 Å². The molecule has 1 aromatic carbocycles. The first-order valence-electron chi connectivity index (χ1n) is 3.29. The molecule has 0 saturated heterocycles. The molecule has 2 aromatic rings. The largest absolute Gasteiger partial charge is 0.256 e. The minimum Gasteiger partial charge on any atom is -0.256 e. The molecule has 53 valence electrons. The summed E-state index contributed by atoms with van der Waals surface area (Å²) in [4.78, 5) is 3.98. The fourth-order valence-corrected chi connectivity index (χ4v) is 1.01. The lowest BCUT2D eigenvalue weighted by molar-refractivity contribution is 0.637. The Labute approximate surface area is 63.5 Å². The van der Waals surface area contributed by atoms with E-state index in [1.165, 1.54) is 6.07 Å². The van der Waals surface area contributed by atoms with E-state index in [1.807, 2.05) is 0 Å². The van der Waals surface area contributed by atoms with Crippen molar-refractivity contribution in [2.75, 3.05) is 0 Å². The third kappa shape index (κ3) is 0.963. The number of nitrogens with zero attached hydrogens (tertiary/aromatic N) is 1. The van der Waals surface area contributed by atoms with Gasteiger partial charge in [0.2, 0.25) is 0 Å². The van der Waals surface area contributed by atoms with Gasteiger partial charge in [0.25, 0.3) is 0 Å². The van der Waals surface area contributed by atoms with Crippen LogP contribution in [0.25, 0.3) is 10.9 Å². The predicted octanol–water partition coefficient (Wildman–Crippen LogP) is 2.17. The Morgan fingerprint density at radius 2 is 2.27 bits per heavy atom. The Hall–Kier alpha value is -1.44. The number of fused-ring (bicyclic) bond motifs is 1. The Bertz CT molecular complexity index is 379. The first-order chi connectivity index (χ1) is 5.38. The molecule has 1 aromatic heterocycles. The summed E-state index contributed by atoms with van der Waals surface area (Å²) < 4.78 is 12.9. The molecule has 0 atom stereocenters. The molecule has 11 heavy (non-hydrogen) atoms. The van der Waals surface area contributed by atoms with E-state index in [4.69, 9.17) is 0 Å². The van der Waals surface area contributed by atoms with E-state index in [0.717, 1.165) is 0 Å². The summed E-state index contributed by atoms with van der Waals surface area (Å²) in [6, 6.07) is 9.13. The second-order valence-electron chi connectivity index (χ2n) is 2.23. The van der Waals surface area contributed by atoms with Gasteiger partial charge in [-0.2, -0.15) is 0 Å². The van der Waals surface area contributed by atoms with Crippen molar-refractivity contribution < 1.29 is 4.39 Å². The van der Waals surface area contributed by atoms with Crippen LogP contribution >= 0.6 is 0 Å². The summed E-state index contributed by atoms with van der Waals surface area (Å²) >= 11 is 0. The highest BCUT2D eigenvalue weighted by atomic mass is 19.1. The summed E-state index contributed by atoms with van der Waals surface area (Å²) in [7, 11) is 0. The number of halogens is 1. The molecular weight excluding hydrogens is 141 g/mol. The predicted molar refractivity (Wildman–Crippen MR) is 40.5 cm³/mol. The Morgan fingerprint density at radius 1 is 1.36 bits per heavy atom. The van der Waals surface area contributed by atoms with Gasteiger partial charge in [-0.25, -0.2) is 4.39 Å². The van der Waals surface area contributed by atoms with E-state index in [1.54, 1.807) is 24.4 Å². The van der Waals surface area contributed by atoms with Gasteiger partial charge in [0, 0.05) is 17.6 Å². The Kier molecular flexibility index (Phi) is 1.32. The van der Waals surface area contributed by atoms with Crippen LogP contribution < -0.4 is 0 Å². The zero-order valence-corrected chi connectivity index (χ0v) is 5.71. The number of rotatable bonds is 0. The van der Waals surface area contributed by atoms with E-state index in [2.05, 4.69) is 11.1 Å². The minimum atomic E-state index is -0.337. The fraction of sp³-hybridized carbons (Fsp3) is 0. The van der Waals surface area contributed by atoms with Crippen LogP contribution in [0.3, 0.4) is 0 Å². The van der Waals surface area contributed by atoms with Gasteiger partial charge in [-0.05, 0) is 24.3 Å². The highest BCUT2D eigenvalue weighted by molar-refractivity contribution is 5.78. The van der Waals surface area contributed by atoms with Crippen LogP contribution in [0.5, 0.6) is 0 Å². The lowest BCUT2D eigenvalue weighted by Gasteiger charge is -1.94. The van der Waals surface area contributed by atoms with Crippen LogP contribution in [0.4, 0.5) is 4.39 Å². The van der Waals surface area contributed by atoms with Crippen molar-refractivity contribution in [1.82, 2.24) is 4.98 Å². The minimum absolute atomic E-state index is 0.337. The van der Waals surface area contributed by atoms with Crippen LogP contribution in [0, 0.1) is 11.9 Å². The number of aromatic nitrogens is 1. The molecule has 1 heterocycles. The second kappa shape index (κ2) is 2.31. The summed E-state index contributed by atoms with van der Waals surface area (Å²) in [5.74, 6) is -0.337. The molecule has 0 aliphatic carbocycles. The highest BCUT2D eigenvalue weighted by Gasteiger charge is 1.97. The van der Waals surface area contributed by atoms with E-state index in [9.17, 15) is 4.39 Å². The molecule has 0 bridgehead atoms. The van der Waals surface area contributed by atoms with Crippen molar-refractivity contribution in [3.8, 4) is 0 Å². The SMILES string of the molecule is Fc1[c]ccc2ncccc12. The van der Waals surface area contributed by atoms with Crippen LogP contribution in [-0.2, 0) is 0 Å². The summed E-state index contributed by atoms with van der Waals surface area (Å²) in [5, 5.41) is 0.523. The summed E-state index contributed by atoms with van der Waals surface area (Å²) in [6.07, 6.45) is 1.64. The number of pyridine rings is 1. The average molecular weight is 146 g/mol. The van der Waals surface area contributed by atoms with E-state index in [-0.39, 0.29) is 5.82 Å². The van der Waals surface area contributed by atoms with Gasteiger partial charge in [-0.15, -0.1) is 0 Å². The molecule has 0 N–H and O–H groups in total. The average Bonchev–Trinajstić information content (AvgIpc) is 2.06. The maximum absolute atomic E-state index is 12.9. The molecule has 2 rings (SSSR count). The summed E-state index contributed by atoms with van der Waals surface area (Å²) in [5.41, 5.74) is 0.670.